The molecule has 0 saturated carbocycles. The standard InChI is InChI=1S/C16H18N2O3S/c1-2-10-22-16-13(18-6-8-21-9-7-18)14(19)11-4-3-5-17-12(11)15(16)20/h3-5H,2,6-10H2,1H3. The van der Waals surface area contributed by atoms with Gasteiger partial charge in [-0.15, -0.1) is 11.8 Å². The Morgan fingerprint density at radius 1 is 1.27 bits per heavy atom. The Kier molecular flexibility index (Phi) is 4.59. The van der Waals surface area contributed by atoms with Gasteiger partial charge in [-0.2, -0.15) is 0 Å². The molecule has 0 unspecified atom stereocenters. The number of fused-ring (bicyclic) bond motifs is 1. The number of ether oxygens (including phenoxy) is 1. The zero-order valence-corrected chi connectivity index (χ0v) is 13.3. The van der Waals surface area contributed by atoms with Gasteiger partial charge in [0, 0.05) is 19.3 Å². The van der Waals surface area contributed by atoms with Gasteiger partial charge in [-0.3, -0.25) is 14.6 Å². The van der Waals surface area contributed by atoms with E-state index in [2.05, 4.69) is 11.9 Å². The largest absolute Gasteiger partial charge is 0.378 e. The normalized spacial score (nSPS) is 18.7. The van der Waals surface area contributed by atoms with E-state index in [4.69, 9.17) is 4.74 Å². The number of rotatable bonds is 4. The van der Waals surface area contributed by atoms with Crippen molar-refractivity contribution in [3.05, 3.63) is 40.2 Å². The average Bonchev–Trinajstić information content (AvgIpc) is 2.57. The minimum Gasteiger partial charge on any atom is -0.378 e. The van der Waals surface area contributed by atoms with Gasteiger partial charge >= 0.3 is 0 Å². The third-order valence-corrected chi connectivity index (χ3v) is 4.96. The highest BCUT2D eigenvalue weighted by molar-refractivity contribution is 8.04. The van der Waals surface area contributed by atoms with Gasteiger partial charge in [0.25, 0.3) is 0 Å². The van der Waals surface area contributed by atoms with Crippen molar-refractivity contribution >= 4 is 23.3 Å². The summed E-state index contributed by atoms with van der Waals surface area (Å²) in [6.45, 7) is 4.50. The number of nitrogens with zero attached hydrogens (tertiary/aromatic N) is 2. The van der Waals surface area contributed by atoms with Crippen LogP contribution in [-0.4, -0.2) is 53.5 Å². The molecule has 3 rings (SSSR count). The van der Waals surface area contributed by atoms with Crippen LogP contribution in [0, 0.1) is 0 Å². The fourth-order valence-electron chi connectivity index (χ4n) is 2.63. The summed E-state index contributed by atoms with van der Waals surface area (Å²) >= 11 is 1.46. The molecule has 0 amide bonds. The van der Waals surface area contributed by atoms with Gasteiger partial charge in [0.1, 0.15) is 11.4 Å². The van der Waals surface area contributed by atoms with Crippen molar-refractivity contribution in [1.29, 1.82) is 0 Å². The maximum atomic E-state index is 12.9. The fourth-order valence-corrected chi connectivity index (χ4v) is 3.62. The van der Waals surface area contributed by atoms with Gasteiger partial charge in [0.2, 0.25) is 11.6 Å². The zero-order valence-electron chi connectivity index (χ0n) is 12.5. The summed E-state index contributed by atoms with van der Waals surface area (Å²) in [4.78, 5) is 32.3. The molecule has 0 N–H and O–H groups in total. The molecule has 0 spiro atoms. The van der Waals surface area contributed by atoms with E-state index < -0.39 is 0 Å². The second-order valence-electron chi connectivity index (χ2n) is 5.18. The number of hydrogen-bond donors (Lipinski definition) is 0. The molecule has 1 aliphatic carbocycles. The van der Waals surface area contributed by atoms with E-state index in [1.807, 2.05) is 4.90 Å². The number of thioether (sulfide) groups is 1. The molecule has 2 aliphatic rings. The second kappa shape index (κ2) is 6.62. The van der Waals surface area contributed by atoms with E-state index in [-0.39, 0.29) is 17.3 Å². The minimum atomic E-state index is -0.129. The highest BCUT2D eigenvalue weighted by atomic mass is 32.2. The van der Waals surface area contributed by atoms with Crippen LogP contribution in [0.25, 0.3) is 0 Å². The van der Waals surface area contributed by atoms with Gasteiger partial charge in [0.05, 0.1) is 23.7 Å². The second-order valence-corrected chi connectivity index (χ2v) is 6.29. The summed E-state index contributed by atoms with van der Waals surface area (Å²) in [6, 6.07) is 3.38. The Bertz CT molecular complexity index is 636. The molecular formula is C16H18N2O3S. The first-order valence-electron chi connectivity index (χ1n) is 7.48. The summed E-state index contributed by atoms with van der Waals surface area (Å²) < 4.78 is 5.36. The molecule has 0 radical (unpaired) electrons. The lowest BCUT2D eigenvalue weighted by molar-refractivity contribution is 0.0499. The van der Waals surface area contributed by atoms with Gasteiger partial charge in [-0.1, -0.05) is 6.92 Å². The number of ketones is 2. The molecular weight excluding hydrogens is 300 g/mol. The zero-order chi connectivity index (χ0) is 15.5. The Hall–Kier alpha value is -1.66. The molecule has 2 heterocycles. The summed E-state index contributed by atoms with van der Waals surface area (Å²) in [5.74, 6) is 0.586. The molecule has 116 valence electrons. The fraction of sp³-hybridized carbons (Fsp3) is 0.438. The number of hydrogen-bond acceptors (Lipinski definition) is 6. The van der Waals surface area contributed by atoms with Crippen molar-refractivity contribution in [2.24, 2.45) is 0 Å². The van der Waals surface area contributed by atoms with E-state index in [0.717, 1.165) is 12.2 Å². The highest BCUT2D eigenvalue weighted by Crippen LogP contribution is 2.34. The summed E-state index contributed by atoms with van der Waals surface area (Å²) in [5, 5.41) is 0. The Balaban J connectivity index is 2.06. The van der Waals surface area contributed by atoms with Crippen LogP contribution in [0.5, 0.6) is 0 Å². The van der Waals surface area contributed by atoms with Crippen LogP contribution in [0.15, 0.2) is 28.9 Å². The summed E-state index contributed by atoms with van der Waals surface area (Å²) in [5.41, 5.74) is 1.23. The Morgan fingerprint density at radius 2 is 2.05 bits per heavy atom. The molecule has 1 fully saturated rings. The molecule has 22 heavy (non-hydrogen) atoms. The van der Waals surface area contributed by atoms with Crippen LogP contribution in [-0.2, 0) is 4.74 Å². The number of carbonyl (C=O) groups excluding carboxylic acids is 2. The SMILES string of the molecule is CCCSC1=C(N2CCOCC2)C(=O)c2cccnc2C1=O. The molecule has 1 aromatic heterocycles. The Morgan fingerprint density at radius 3 is 2.77 bits per heavy atom. The lowest BCUT2D eigenvalue weighted by Crippen LogP contribution is -2.41. The van der Waals surface area contributed by atoms with Crippen molar-refractivity contribution in [2.45, 2.75) is 13.3 Å². The van der Waals surface area contributed by atoms with E-state index >= 15 is 0 Å². The van der Waals surface area contributed by atoms with Crippen molar-refractivity contribution in [3.8, 4) is 0 Å². The predicted octanol–water partition coefficient (Wildman–Crippen LogP) is 2.15. The van der Waals surface area contributed by atoms with Crippen LogP contribution in [0.2, 0.25) is 0 Å². The molecule has 1 saturated heterocycles. The molecule has 6 heteroatoms. The number of allylic oxidation sites excluding steroid dienone is 2. The Labute approximate surface area is 133 Å². The van der Waals surface area contributed by atoms with Crippen LogP contribution < -0.4 is 0 Å². The summed E-state index contributed by atoms with van der Waals surface area (Å²) in [7, 11) is 0. The van der Waals surface area contributed by atoms with Crippen molar-refractivity contribution in [3.63, 3.8) is 0 Å². The van der Waals surface area contributed by atoms with E-state index in [0.29, 0.717) is 42.5 Å². The van der Waals surface area contributed by atoms with Gasteiger partial charge < -0.3 is 9.64 Å². The molecule has 1 aromatic rings. The van der Waals surface area contributed by atoms with E-state index in [1.165, 1.54) is 11.8 Å². The maximum absolute atomic E-state index is 12.9. The van der Waals surface area contributed by atoms with E-state index in [1.54, 1.807) is 18.3 Å². The molecule has 5 nitrogen and oxygen atoms in total. The third kappa shape index (κ3) is 2.68. The number of Topliss-reactive ketones (excluding diaryl/α,β-unsaturated/α-hetero) is 2. The molecule has 0 bridgehead atoms. The van der Waals surface area contributed by atoms with Gasteiger partial charge in [-0.05, 0) is 24.3 Å². The lowest BCUT2D eigenvalue weighted by atomic mass is 9.96. The number of morpholine rings is 1. The molecule has 1 aliphatic heterocycles. The first-order valence-corrected chi connectivity index (χ1v) is 8.46. The van der Waals surface area contributed by atoms with E-state index in [9.17, 15) is 9.59 Å². The smallest absolute Gasteiger partial charge is 0.220 e. The predicted molar refractivity (Wildman–Crippen MR) is 85.1 cm³/mol. The monoisotopic (exact) mass is 318 g/mol. The highest BCUT2D eigenvalue weighted by Gasteiger charge is 2.36. The van der Waals surface area contributed by atoms with Crippen molar-refractivity contribution in [1.82, 2.24) is 9.88 Å². The van der Waals surface area contributed by atoms with Crippen LogP contribution >= 0.6 is 11.8 Å². The van der Waals surface area contributed by atoms with Crippen LogP contribution in [0.3, 0.4) is 0 Å². The number of pyridine rings is 1. The van der Waals surface area contributed by atoms with Gasteiger partial charge in [-0.25, -0.2) is 0 Å². The number of aromatic nitrogens is 1. The molecule has 0 aromatic carbocycles. The first-order chi connectivity index (χ1) is 10.7. The quantitative estimate of drug-likeness (QED) is 0.848. The summed E-state index contributed by atoms with van der Waals surface area (Å²) in [6.07, 6.45) is 2.51. The first kappa shape index (κ1) is 15.2. The lowest BCUT2D eigenvalue weighted by Gasteiger charge is -2.33. The minimum absolute atomic E-state index is 0.0943. The van der Waals surface area contributed by atoms with Crippen LogP contribution in [0.1, 0.15) is 34.2 Å². The van der Waals surface area contributed by atoms with Crippen molar-refractivity contribution < 1.29 is 14.3 Å². The topological polar surface area (TPSA) is 59.5 Å². The average molecular weight is 318 g/mol. The van der Waals surface area contributed by atoms with Crippen LogP contribution in [0.4, 0.5) is 0 Å². The van der Waals surface area contributed by atoms with Crippen molar-refractivity contribution in [2.75, 3.05) is 32.1 Å². The molecule has 0 atom stereocenters. The van der Waals surface area contributed by atoms with Gasteiger partial charge in [0.15, 0.2) is 0 Å². The third-order valence-electron chi connectivity index (χ3n) is 3.68. The maximum Gasteiger partial charge on any atom is 0.220 e. The number of carbonyl (C=O) groups is 2.